The molecule has 0 N–H and O–H groups in total. The van der Waals surface area contributed by atoms with Crippen LogP contribution in [0.25, 0.3) is 0 Å². The van der Waals surface area contributed by atoms with Crippen molar-refractivity contribution in [3.63, 3.8) is 0 Å². The first-order valence-electron chi connectivity index (χ1n) is 9.58. The Morgan fingerprint density at radius 2 is 1.13 bits per heavy atom. The minimum atomic E-state index is -0.261. The number of hydrogen-bond donors (Lipinski definition) is 0. The minimum Gasteiger partial charge on any atom is -0.462 e. The molecular weight excluding hydrogens is 288 g/mol. The van der Waals surface area contributed by atoms with Gasteiger partial charge in [0.05, 0.1) is 6.61 Å². The van der Waals surface area contributed by atoms with Crippen LogP contribution in [0.1, 0.15) is 90.9 Å². The number of unbranched alkanes of at least 4 members (excludes halogenated alkanes) is 11. The Morgan fingerprint density at radius 1 is 0.739 bits per heavy atom. The van der Waals surface area contributed by atoms with Crippen molar-refractivity contribution in [3.8, 4) is 0 Å². The van der Waals surface area contributed by atoms with Gasteiger partial charge in [-0.1, -0.05) is 70.8 Å². The lowest BCUT2D eigenvalue weighted by Crippen LogP contribution is -2.05. The van der Waals surface area contributed by atoms with Gasteiger partial charge in [0.15, 0.2) is 0 Å². The van der Waals surface area contributed by atoms with Crippen molar-refractivity contribution in [2.24, 2.45) is 0 Å². The third kappa shape index (κ3) is 17.4. The van der Waals surface area contributed by atoms with Crippen LogP contribution in [0.5, 0.6) is 0 Å². The summed E-state index contributed by atoms with van der Waals surface area (Å²) in [4.78, 5) is 11.2. The molecule has 0 fully saturated rings. The average Bonchev–Trinajstić information content (AvgIpc) is 2.54. The topological polar surface area (TPSA) is 35.5 Å². The third-order valence-corrected chi connectivity index (χ3v) is 3.97. The molecule has 0 spiro atoms. The lowest BCUT2D eigenvalue weighted by Gasteiger charge is -2.05. The summed E-state index contributed by atoms with van der Waals surface area (Å²) in [6.07, 6.45) is 15.4. The summed E-state index contributed by atoms with van der Waals surface area (Å²) in [5, 5.41) is 0. The second-order valence-corrected chi connectivity index (χ2v) is 6.36. The van der Waals surface area contributed by atoms with Gasteiger partial charge in [-0.15, -0.1) is 0 Å². The van der Waals surface area contributed by atoms with Gasteiger partial charge in [-0.25, -0.2) is 4.79 Å². The second kappa shape index (κ2) is 17.5. The zero-order valence-corrected chi connectivity index (χ0v) is 15.5. The van der Waals surface area contributed by atoms with Crippen LogP contribution < -0.4 is 0 Å². The molecule has 0 atom stereocenters. The molecule has 0 saturated heterocycles. The number of ether oxygens (including phenoxy) is 2. The van der Waals surface area contributed by atoms with Gasteiger partial charge < -0.3 is 9.47 Å². The Morgan fingerprint density at radius 3 is 1.52 bits per heavy atom. The Kier molecular flexibility index (Phi) is 16.9. The molecule has 0 heterocycles. The first-order valence-corrected chi connectivity index (χ1v) is 9.58. The summed E-state index contributed by atoms with van der Waals surface area (Å²) in [5.41, 5.74) is 0.485. The van der Waals surface area contributed by atoms with Crippen LogP contribution in [0.2, 0.25) is 0 Å². The highest BCUT2D eigenvalue weighted by Crippen LogP contribution is 2.12. The highest BCUT2D eigenvalue weighted by Gasteiger charge is 2.01. The first kappa shape index (κ1) is 22.2. The standard InChI is InChI=1S/C20H38O3/c1-4-22-17-15-13-11-9-7-5-6-8-10-12-14-16-18-23-20(21)19(2)3/h2,4-18H2,1,3H3. The van der Waals surface area contributed by atoms with Crippen LogP contribution in [0, 0.1) is 0 Å². The van der Waals surface area contributed by atoms with Crippen molar-refractivity contribution in [3.05, 3.63) is 12.2 Å². The van der Waals surface area contributed by atoms with Gasteiger partial charge >= 0.3 is 5.97 Å². The molecular formula is C20H38O3. The van der Waals surface area contributed by atoms with Crippen molar-refractivity contribution in [1.29, 1.82) is 0 Å². The van der Waals surface area contributed by atoms with E-state index in [1.54, 1.807) is 6.92 Å². The lowest BCUT2D eigenvalue weighted by molar-refractivity contribution is -0.139. The van der Waals surface area contributed by atoms with Gasteiger partial charge in [-0.05, 0) is 26.7 Å². The van der Waals surface area contributed by atoms with Gasteiger partial charge in [-0.2, -0.15) is 0 Å². The van der Waals surface area contributed by atoms with E-state index in [0.717, 1.165) is 26.1 Å². The molecule has 0 aliphatic heterocycles. The van der Waals surface area contributed by atoms with E-state index in [2.05, 4.69) is 13.5 Å². The molecule has 0 aromatic rings. The van der Waals surface area contributed by atoms with E-state index in [1.165, 1.54) is 64.2 Å². The van der Waals surface area contributed by atoms with Crippen molar-refractivity contribution in [1.82, 2.24) is 0 Å². The Labute approximate surface area is 143 Å². The number of carbonyl (C=O) groups excluding carboxylic acids is 1. The molecule has 0 aromatic carbocycles. The first-order chi connectivity index (χ1) is 11.2. The predicted molar refractivity (Wildman–Crippen MR) is 97.7 cm³/mol. The van der Waals surface area contributed by atoms with E-state index in [4.69, 9.17) is 9.47 Å². The Balaban J connectivity index is 3.05. The molecule has 0 aliphatic rings. The molecule has 0 unspecified atom stereocenters. The van der Waals surface area contributed by atoms with E-state index >= 15 is 0 Å². The highest BCUT2D eigenvalue weighted by atomic mass is 16.5. The quantitative estimate of drug-likeness (QED) is 0.192. The maximum Gasteiger partial charge on any atom is 0.333 e. The van der Waals surface area contributed by atoms with Gasteiger partial charge in [0.2, 0.25) is 0 Å². The smallest absolute Gasteiger partial charge is 0.333 e. The molecule has 3 nitrogen and oxygen atoms in total. The summed E-state index contributed by atoms with van der Waals surface area (Å²) in [6, 6.07) is 0. The van der Waals surface area contributed by atoms with Crippen molar-refractivity contribution >= 4 is 5.97 Å². The van der Waals surface area contributed by atoms with Crippen LogP contribution in [-0.2, 0) is 14.3 Å². The highest BCUT2D eigenvalue weighted by molar-refractivity contribution is 5.86. The monoisotopic (exact) mass is 326 g/mol. The summed E-state index contributed by atoms with van der Waals surface area (Å²) >= 11 is 0. The van der Waals surface area contributed by atoms with E-state index < -0.39 is 0 Å². The fourth-order valence-electron chi connectivity index (χ4n) is 2.51. The van der Waals surface area contributed by atoms with E-state index in [1.807, 2.05) is 0 Å². The maximum atomic E-state index is 11.2. The van der Waals surface area contributed by atoms with Crippen molar-refractivity contribution in [2.45, 2.75) is 90.9 Å². The van der Waals surface area contributed by atoms with Crippen molar-refractivity contribution in [2.75, 3.05) is 19.8 Å². The van der Waals surface area contributed by atoms with Crippen molar-refractivity contribution < 1.29 is 14.3 Å². The minimum absolute atomic E-state index is 0.261. The molecule has 0 aliphatic carbocycles. The zero-order chi connectivity index (χ0) is 17.2. The Bertz CT molecular complexity index is 287. The maximum absolute atomic E-state index is 11.2. The largest absolute Gasteiger partial charge is 0.462 e. The molecule has 0 amide bonds. The lowest BCUT2D eigenvalue weighted by atomic mass is 10.1. The fourth-order valence-corrected chi connectivity index (χ4v) is 2.51. The normalized spacial score (nSPS) is 10.7. The molecule has 3 heteroatoms. The number of esters is 1. The summed E-state index contributed by atoms with van der Waals surface area (Å²) < 4.78 is 10.4. The van der Waals surface area contributed by atoms with Gasteiger partial charge in [0.25, 0.3) is 0 Å². The molecule has 0 saturated carbocycles. The third-order valence-electron chi connectivity index (χ3n) is 3.97. The predicted octanol–water partition coefficient (Wildman–Crippen LogP) is 5.82. The van der Waals surface area contributed by atoms with Gasteiger partial charge in [-0.3, -0.25) is 0 Å². The summed E-state index contributed by atoms with van der Waals surface area (Å²) in [6.45, 7) is 9.62. The fraction of sp³-hybridized carbons (Fsp3) is 0.850. The number of carbonyl (C=O) groups is 1. The molecule has 0 bridgehead atoms. The molecule has 0 aromatic heterocycles. The zero-order valence-electron chi connectivity index (χ0n) is 15.5. The number of hydrogen-bond acceptors (Lipinski definition) is 3. The van der Waals surface area contributed by atoms with Gasteiger partial charge in [0, 0.05) is 18.8 Å². The molecule has 0 radical (unpaired) electrons. The van der Waals surface area contributed by atoms with E-state index in [-0.39, 0.29) is 5.97 Å². The number of rotatable bonds is 17. The summed E-state index contributed by atoms with van der Waals surface area (Å²) in [5.74, 6) is -0.261. The van der Waals surface area contributed by atoms with Crippen LogP contribution in [0.4, 0.5) is 0 Å². The van der Waals surface area contributed by atoms with Crippen LogP contribution in [-0.4, -0.2) is 25.8 Å². The van der Waals surface area contributed by atoms with Gasteiger partial charge in [0.1, 0.15) is 0 Å². The molecule has 23 heavy (non-hydrogen) atoms. The van der Waals surface area contributed by atoms with Crippen LogP contribution >= 0.6 is 0 Å². The summed E-state index contributed by atoms with van der Waals surface area (Å²) in [7, 11) is 0. The average molecular weight is 327 g/mol. The molecule has 0 rings (SSSR count). The second-order valence-electron chi connectivity index (χ2n) is 6.36. The molecule has 136 valence electrons. The SMILES string of the molecule is C=C(C)C(=O)OCCCCCCCCCCCCCCOCC. The Hall–Kier alpha value is -0.830. The van der Waals surface area contributed by atoms with Crippen LogP contribution in [0.15, 0.2) is 12.2 Å². The van der Waals surface area contributed by atoms with Crippen LogP contribution in [0.3, 0.4) is 0 Å². The van der Waals surface area contributed by atoms with E-state index in [0.29, 0.717) is 12.2 Å². The van der Waals surface area contributed by atoms with E-state index in [9.17, 15) is 4.79 Å².